The van der Waals surface area contributed by atoms with Crippen molar-refractivity contribution in [2.24, 2.45) is 10.9 Å². The van der Waals surface area contributed by atoms with Crippen molar-refractivity contribution in [3.63, 3.8) is 0 Å². The van der Waals surface area contributed by atoms with Crippen molar-refractivity contribution < 1.29 is 4.39 Å². The quantitative estimate of drug-likeness (QED) is 0.369. The lowest BCUT2D eigenvalue weighted by molar-refractivity contribution is 0.214. The summed E-state index contributed by atoms with van der Waals surface area (Å²) in [4.78, 5) is 7.12. The van der Waals surface area contributed by atoms with Gasteiger partial charge in [-0.15, -0.1) is 24.0 Å². The molecule has 1 fully saturated rings. The lowest BCUT2D eigenvalue weighted by Gasteiger charge is -2.28. The Morgan fingerprint density at radius 2 is 2.04 bits per heavy atom. The highest BCUT2D eigenvalue weighted by atomic mass is 127. The average molecular weight is 476 g/mol. The van der Waals surface area contributed by atoms with Gasteiger partial charge in [-0.3, -0.25) is 4.99 Å². The number of guanidine groups is 1. The van der Waals surface area contributed by atoms with Gasteiger partial charge in [-0.05, 0) is 83.3 Å². The van der Waals surface area contributed by atoms with Gasteiger partial charge in [-0.25, -0.2) is 4.39 Å². The molecular weight excluding hydrogens is 442 g/mol. The van der Waals surface area contributed by atoms with Gasteiger partial charge in [0.2, 0.25) is 0 Å². The smallest absolute Gasteiger partial charge is 0.191 e. The van der Waals surface area contributed by atoms with Gasteiger partial charge < -0.3 is 15.5 Å². The largest absolute Gasteiger partial charge is 0.357 e. The molecule has 26 heavy (non-hydrogen) atoms. The van der Waals surface area contributed by atoms with Crippen molar-refractivity contribution in [1.29, 1.82) is 0 Å². The molecule has 0 aromatic heterocycles. The minimum atomic E-state index is -0.157. The van der Waals surface area contributed by atoms with Gasteiger partial charge in [-0.1, -0.05) is 12.1 Å². The summed E-state index contributed by atoms with van der Waals surface area (Å²) < 4.78 is 13.8. The van der Waals surface area contributed by atoms with E-state index in [2.05, 4.69) is 29.5 Å². The van der Waals surface area contributed by atoms with E-state index in [0.717, 1.165) is 37.0 Å². The van der Waals surface area contributed by atoms with Crippen molar-refractivity contribution in [1.82, 2.24) is 15.5 Å². The normalized spacial score (nSPS) is 17.5. The predicted molar refractivity (Wildman–Crippen MR) is 119 cm³/mol. The summed E-state index contributed by atoms with van der Waals surface area (Å²) in [6.45, 7) is 9.92. The summed E-state index contributed by atoms with van der Waals surface area (Å²) in [5, 5.41) is 6.68. The van der Waals surface area contributed by atoms with Crippen molar-refractivity contribution in [3.05, 3.63) is 35.1 Å². The first-order valence-electron chi connectivity index (χ1n) is 9.49. The molecule has 0 amide bonds. The molecule has 4 nitrogen and oxygen atoms in total. The number of hydrogen-bond acceptors (Lipinski definition) is 2. The minimum Gasteiger partial charge on any atom is -0.357 e. The zero-order valence-electron chi connectivity index (χ0n) is 16.5. The molecule has 1 aliphatic heterocycles. The van der Waals surface area contributed by atoms with E-state index in [1.807, 2.05) is 19.1 Å². The Bertz CT molecular complexity index is 571. The Balaban J connectivity index is 0.00000338. The Kier molecular flexibility index (Phi) is 10.5. The highest BCUT2D eigenvalue weighted by Gasteiger charge is 2.16. The molecule has 1 saturated heterocycles. The van der Waals surface area contributed by atoms with Gasteiger partial charge in [0.05, 0.1) is 6.04 Å². The van der Waals surface area contributed by atoms with Crippen LogP contribution in [-0.4, -0.2) is 44.1 Å². The summed E-state index contributed by atoms with van der Waals surface area (Å²) in [7, 11) is 2.19. The Hall–Kier alpha value is -0.890. The number of halogens is 2. The molecule has 0 radical (unpaired) electrons. The van der Waals surface area contributed by atoms with Crippen LogP contribution in [-0.2, 0) is 0 Å². The fourth-order valence-electron chi connectivity index (χ4n) is 3.20. The number of piperidine rings is 1. The highest BCUT2D eigenvalue weighted by molar-refractivity contribution is 14.0. The van der Waals surface area contributed by atoms with E-state index in [-0.39, 0.29) is 35.8 Å². The first-order chi connectivity index (χ1) is 12.0. The number of aliphatic imine (C=N–C) groups is 1. The number of likely N-dealkylation sites (tertiary alicyclic amines) is 1. The van der Waals surface area contributed by atoms with E-state index in [0.29, 0.717) is 5.56 Å². The molecule has 0 aliphatic carbocycles. The Morgan fingerprint density at radius 1 is 1.35 bits per heavy atom. The number of rotatable bonds is 6. The van der Waals surface area contributed by atoms with Crippen LogP contribution in [0.5, 0.6) is 0 Å². The van der Waals surface area contributed by atoms with Crippen LogP contribution >= 0.6 is 24.0 Å². The number of nitrogens with one attached hydrogen (secondary N) is 2. The lowest BCUT2D eigenvalue weighted by atomic mass is 9.94. The average Bonchev–Trinajstić information content (AvgIpc) is 2.59. The number of hydrogen-bond donors (Lipinski definition) is 2. The van der Waals surface area contributed by atoms with Crippen LogP contribution in [0, 0.1) is 18.7 Å². The summed E-state index contributed by atoms with van der Waals surface area (Å²) in [5.74, 6) is 1.44. The maximum Gasteiger partial charge on any atom is 0.191 e. The van der Waals surface area contributed by atoms with Gasteiger partial charge in [0.15, 0.2) is 5.96 Å². The second-order valence-corrected chi connectivity index (χ2v) is 7.17. The summed E-state index contributed by atoms with van der Waals surface area (Å²) in [5.41, 5.74) is 1.61. The van der Waals surface area contributed by atoms with E-state index < -0.39 is 0 Å². The third-order valence-corrected chi connectivity index (χ3v) is 5.04. The number of aryl methyl sites for hydroxylation is 1. The predicted octanol–water partition coefficient (Wildman–Crippen LogP) is 4.10. The molecule has 2 N–H and O–H groups in total. The molecule has 0 spiro atoms. The second-order valence-electron chi connectivity index (χ2n) is 7.17. The minimum absolute atomic E-state index is 0. The fourth-order valence-corrected chi connectivity index (χ4v) is 3.20. The molecule has 1 aliphatic rings. The van der Waals surface area contributed by atoms with Crippen molar-refractivity contribution >= 4 is 29.9 Å². The summed E-state index contributed by atoms with van der Waals surface area (Å²) >= 11 is 0. The maximum atomic E-state index is 13.8. The van der Waals surface area contributed by atoms with Crippen LogP contribution in [0.15, 0.2) is 23.2 Å². The molecule has 1 aromatic carbocycles. The molecule has 2 rings (SSSR count). The summed E-state index contributed by atoms with van der Waals surface area (Å²) in [6, 6.07) is 5.41. The van der Waals surface area contributed by atoms with Crippen LogP contribution in [0.1, 0.15) is 50.3 Å². The van der Waals surface area contributed by atoms with Gasteiger partial charge in [-0.2, -0.15) is 0 Å². The zero-order chi connectivity index (χ0) is 18.2. The van der Waals surface area contributed by atoms with Crippen LogP contribution in [0.4, 0.5) is 4.39 Å². The first-order valence-corrected chi connectivity index (χ1v) is 9.49. The van der Waals surface area contributed by atoms with Gasteiger partial charge in [0.1, 0.15) is 5.82 Å². The van der Waals surface area contributed by atoms with E-state index in [1.54, 1.807) is 13.0 Å². The van der Waals surface area contributed by atoms with E-state index in [1.165, 1.54) is 25.9 Å². The topological polar surface area (TPSA) is 39.7 Å². The summed E-state index contributed by atoms with van der Waals surface area (Å²) in [6.07, 6.45) is 3.68. The Labute approximate surface area is 175 Å². The zero-order valence-corrected chi connectivity index (χ0v) is 18.8. The van der Waals surface area contributed by atoms with Crippen LogP contribution in [0.25, 0.3) is 0 Å². The third-order valence-electron chi connectivity index (χ3n) is 5.04. The fraction of sp³-hybridized carbons (Fsp3) is 0.650. The van der Waals surface area contributed by atoms with E-state index in [9.17, 15) is 4.39 Å². The van der Waals surface area contributed by atoms with Crippen molar-refractivity contribution in [2.45, 2.75) is 46.1 Å². The molecule has 1 unspecified atom stereocenters. The molecule has 148 valence electrons. The monoisotopic (exact) mass is 476 g/mol. The SMILES string of the molecule is CCNC(=NCCC1CCN(C)CC1)NC(C)c1ccc(C)c(F)c1.I. The van der Waals surface area contributed by atoms with Crippen LogP contribution in [0.3, 0.4) is 0 Å². The first kappa shape index (κ1) is 23.1. The number of benzene rings is 1. The van der Waals surface area contributed by atoms with Crippen molar-refractivity contribution in [2.75, 3.05) is 33.2 Å². The van der Waals surface area contributed by atoms with E-state index >= 15 is 0 Å². The van der Waals surface area contributed by atoms with Gasteiger partial charge >= 0.3 is 0 Å². The molecule has 1 aromatic rings. The highest BCUT2D eigenvalue weighted by Crippen LogP contribution is 2.19. The van der Waals surface area contributed by atoms with Crippen LogP contribution < -0.4 is 10.6 Å². The van der Waals surface area contributed by atoms with Gasteiger partial charge in [0.25, 0.3) is 0 Å². The molecule has 6 heteroatoms. The van der Waals surface area contributed by atoms with Crippen molar-refractivity contribution in [3.8, 4) is 0 Å². The third kappa shape index (κ3) is 7.39. The second kappa shape index (κ2) is 11.7. The standard InChI is InChI=1S/C20H33FN4.HI/c1-5-22-20(23-11-8-17-9-12-25(4)13-10-17)24-16(3)18-7-6-15(2)19(21)14-18;/h6-7,14,16-17H,5,8-13H2,1-4H3,(H2,22,23,24);1H. The molecule has 0 bridgehead atoms. The van der Waals surface area contributed by atoms with E-state index in [4.69, 9.17) is 4.99 Å². The number of nitrogens with zero attached hydrogens (tertiary/aromatic N) is 2. The Morgan fingerprint density at radius 3 is 2.65 bits per heavy atom. The molecule has 0 saturated carbocycles. The molecule has 1 atom stereocenters. The maximum absolute atomic E-state index is 13.8. The molecule has 1 heterocycles. The van der Waals surface area contributed by atoms with Gasteiger partial charge in [0, 0.05) is 13.1 Å². The molecular formula is C20H34FIN4. The van der Waals surface area contributed by atoms with Crippen LogP contribution in [0.2, 0.25) is 0 Å². The lowest BCUT2D eigenvalue weighted by Crippen LogP contribution is -2.39.